The van der Waals surface area contributed by atoms with Crippen molar-refractivity contribution in [2.45, 2.75) is 130 Å². The number of hydrogen-bond donors (Lipinski definition) is 2. The van der Waals surface area contributed by atoms with Crippen molar-refractivity contribution in [3.8, 4) is 11.5 Å². The lowest BCUT2D eigenvalue weighted by Gasteiger charge is -2.33. The number of thioether (sulfide) groups is 1. The summed E-state index contributed by atoms with van der Waals surface area (Å²) in [5.74, 6) is 3.14. The smallest absolute Gasteiger partial charge is 0.119 e. The molecule has 0 radical (unpaired) electrons. The van der Waals surface area contributed by atoms with Gasteiger partial charge in [-0.25, -0.2) is 0 Å². The molecule has 0 heterocycles. The highest BCUT2D eigenvalue weighted by molar-refractivity contribution is 7.99. The van der Waals surface area contributed by atoms with E-state index in [2.05, 4.69) is 95.2 Å². The van der Waals surface area contributed by atoms with Gasteiger partial charge in [-0.05, 0) is 93.2 Å². The van der Waals surface area contributed by atoms with E-state index < -0.39 is 0 Å². The van der Waals surface area contributed by atoms with E-state index in [1.54, 1.807) is 0 Å². The molecule has 0 saturated heterocycles. The van der Waals surface area contributed by atoms with Crippen molar-refractivity contribution in [1.29, 1.82) is 0 Å². The van der Waals surface area contributed by atoms with Crippen LogP contribution in [-0.2, 0) is 34.5 Å². The van der Waals surface area contributed by atoms with Gasteiger partial charge in [0.1, 0.15) is 11.5 Å². The van der Waals surface area contributed by atoms with Crippen LogP contribution in [0.2, 0.25) is 0 Å². The molecule has 0 atom stereocenters. The van der Waals surface area contributed by atoms with Gasteiger partial charge >= 0.3 is 0 Å². The number of benzene rings is 2. The van der Waals surface area contributed by atoms with E-state index >= 15 is 0 Å². The van der Waals surface area contributed by atoms with Gasteiger partial charge in [0.2, 0.25) is 0 Å². The molecule has 0 spiro atoms. The number of aryl methyl sites for hydroxylation is 2. The van der Waals surface area contributed by atoms with Crippen LogP contribution in [0.25, 0.3) is 0 Å². The van der Waals surface area contributed by atoms with Crippen LogP contribution in [0, 0.1) is 0 Å². The summed E-state index contributed by atoms with van der Waals surface area (Å²) in [6, 6.07) is 8.08. The molecule has 0 amide bonds. The lowest BCUT2D eigenvalue weighted by atomic mass is 9.72. The molecule has 208 valence electrons. The standard InChI is InChI=1S/C34H54O2S/c1-31(2,3)27-23(17-19-25(35)29(27)33(7,8)9)15-13-21-37-22-14-16-24-18-20-26(36)30(34(10,11)12)28(24)32(4,5)6/h17-20,35-36H,13-16,21-22H2,1-12H3. The molecule has 0 aliphatic carbocycles. The first-order valence-electron chi connectivity index (χ1n) is 14.1. The third-order valence-corrected chi connectivity index (χ3v) is 8.16. The van der Waals surface area contributed by atoms with Crippen LogP contribution in [0.15, 0.2) is 24.3 Å². The molecule has 37 heavy (non-hydrogen) atoms. The molecule has 2 aromatic rings. The zero-order chi connectivity index (χ0) is 28.4. The molecule has 0 aromatic heterocycles. The van der Waals surface area contributed by atoms with E-state index in [1.807, 2.05) is 23.9 Å². The number of phenolic OH excluding ortho intramolecular Hbond substituents is 2. The van der Waals surface area contributed by atoms with Crippen LogP contribution in [0.5, 0.6) is 11.5 Å². The van der Waals surface area contributed by atoms with E-state index in [4.69, 9.17) is 0 Å². The number of phenols is 2. The zero-order valence-electron chi connectivity index (χ0n) is 25.9. The molecule has 0 saturated carbocycles. The molecule has 2 rings (SSSR count). The highest BCUT2D eigenvalue weighted by atomic mass is 32.2. The summed E-state index contributed by atoms with van der Waals surface area (Å²) in [5, 5.41) is 21.4. The molecular weight excluding hydrogens is 472 g/mol. The first kappa shape index (κ1) is 31.6. The van der Waals surface area contributed by atoms with Gasteiger partial charge in [0, 0.05) is 11.1 Å². The van der Waals surface area contributed by atoms with E-state index in [-0.39, 0.29) is 21.7 Å². The van der Waals surface area contributed by atoms with Crippen molar-refractivity contribution in [1.82, 2.24) is 0 Å². The van der Waals surface area contributed by atoms with Crippen molar-refractivity contribution >= 4 is 11.8 Å². The van der Waals surface area contributed by atoms with Crippen LogP contribution >= 0.6 is 11.8 Å². The second-order valence-electron chi connectivity index (χ2n) is 14.8. The fourth-order valence-electron chi connectivity index (χ4n) is 5.75. The number of rotatable bonds is 8. The molecule has 3 heteroatoms. The Morgan fingerprint density at radius 3 is 1.05 bits per heavy atom. The van der Waals surface area contributed by atoms with Crippen LogP contribution in [0.4, 0.5) is 0 Å². The predicted octanol–water partition coefficient (Wildman–Crippen LogP) is 9.59. The summed E-state index contributed by atoms with van der Waals surface area (Å²) in [5.41, 5.74) is 7.40. The molecular formula is C34H54O2S. The van der Waals surface area contributed by atoms with E-state index in [0.29, 0.717) is 11.5 Å². The summed E-state index contributed by atoms with van der Waals surface area (Å²) in [4.78, 5) is 0. The van der Waals surface area contributed by atoms with Crippen molar-refractivity contribution in [2.75, 3.05) is 11.5 Å². The highest BCUT2D eigenvalue weighted by Crippen LogP contribution is 2.43. The molecule has 2 N–H and O–H groups in total. The van der Waals surface area contributed by atoms with Crippen molar-refractivity contribution in [3.63, 3.8) is 0 Å². The quantitative estimate of drug-likeness (QED) is 0.336. The van der Waals surface area contributed by atoms with Gasteiger partial charge < -0.3 is 10.2 Å². The third kappa shape index (κ3) is 8.19. The van der Waals surface area contributed by atoms with Crippen molar-refractivity contribution in [2.24, 2.45) is 0 Å². The Kier molecular flexibility index (Phi) is 9.94. The minimum atomic E-state index is -0.0928. The van der Waals surface area contributed by atoms with Gasteiger partial charge in [-0.15, -0.1) is 0 Å². The van der Waals surface area contributed by atoms with Gasteiger partial charge in [0.05, 0.1) is 0 Å². The lowest BCUT2D eigenvalue weighted by molar-refractivity contribution is 0.433. The summed E-state index contributed by atoms with van der Waals surface area (Å²) >= 11 is 2.05. The van der Waals surface area contributed by atoms with Gasteiger partial charge in [0.15, 0.2) is 0 Å². The van der Waals surface area contributed by atoms with Gasteiger partial charge in [0.25, 0.3) is 0 Å². The summed E-state index contributed by atoms with van der Waals surface area (Å²) in [7, 11) is 0. The Morgan fingerprint density at radius 2 is 0.784 bits per heavy atom. The van der Waals surface area contributed by atoms with Gasteiger partial charge in [-0.2, -0.15) is 11.8 Å². The maximum Gasteiger partial charge on any atom is 0.119 e. The first-order valence-corrected chi connectivity index (χ1v) is 15.2. The summed E-state index contributed by atoms with van der Waals surface area (Å²) in [6.07, 6.45) is 4.37. The average molecular weight is 527 g/mol. The SMILES string of the molecule is CC(C)(C)c1c(O)ccc(CCCSCCCc2ccc(O)c(C(C)(C)C)c2C(C)(C)C)c1C(C)(C)C. The molecule has 0 aliphatic heterocycles. The van der Waals surface area contributed by atoms with E-state index in [1.165, 1.54) is 22.3 Å². The largest absolute Gasteiger partial charge is 0.508 e. The fourth-order valence-corrected chi connectivity index (χ4v) is 6.65. The molecule has 0 unspecified atom stereocenters. The minimum Gasteiger partial charge on any atom is -0.508 e. The molecule has 2 aromatic carbocycles. The van der Waals surface area contributed by atoms with Gasteiger partial charge in [-0.3, -0.25) is 0 Å². The van der Waals surface area contributed by atoms with Crippen LogP contribution in [0.1, 0.15) is 129 Å². The van der Waals surface area contributed by atoms with E-state index in [0.717, 1.165) is 48.3 Å². The average Bonchev–Trinajstić information content (AvgIpc) is 2.71. The van der Waals surface area contributed by atoms with Crippen LogP contribution in [-0.4, -0.2) is 21.7 Å². The van der Waals surface area contributed by atoms with Crippen molar-refractivity contribution in [3.05, 3.63) is 57.6 Å². The number of hydrogen-bond acceptors (Lipinski definition) is 3. The Labute approximate surface area is 232 Å². The van der Waals surface area contributed by atoms with Crippen molar-refractivity contribution < 1.29 is 10.2 Å². The fraction of sp³-hybridized carbons (Fsp3) is 0.647. The van der Waals surface area contributed by atoms with Crippen LogP contribution in [0.3, 0.4) is 0 Å². The zero-order valence-corrected chi connectivity index (χ0v) is 26.7. The Balaban J connectivity index is 2.03. The lowest BCUT2D eigenvalue weighted by Crippen LogP contribution is -2.24. The molecule has 2 nitrogen and oxygen atoms in total. The summed E-state index contributed by atoms with van der Waals surface area (Å²) in [6.45, 7) is 26.7. The normalized spacial score (nSPS) is 13.3. The Bertz CT molecular complexity index is 968. The molecule has 0 bridgehead atoms. The van der Waals surface area contributed by atoms with E-state index in [9.17, 15) is 10.2 Å². The minimum absolute atomic E-state index is 0.00931. The second-order valence-corrected chi connectivity index (χ2v) is 16.0. The Morgan fingerprint density at radius 1 is 0.486 bits per heavy atom. The first-order chi connectivity index (χ1) is 16.8. The maximum atomic E-state index is 10.7. The van der Waals surface area contributed by atoms with Gasteiger partial charge in [-0.1, -0.05) is 95.2 Å². The Hall–Kier alpha value is -1.61. The molecule has 0 fully saturated rings. The number of aromatic hydroxyl groups is 2. The third-order valence-electron chi connectivity index (χ3n) is 7.01. The highest BCUT2D eigenvalue weighted by Gasteiger charge is 2.31. The maximum absolute atomic E-state index is 10.7. The molecule has 0 aliphatic rings. The summed E-state index contributed by atoms with van der Waals surface area (Å²) < 4.78 is 0. The van der Waals surface area contributed by atoms with Crippen LogP contribution < -0.4 is 0 Å². The topological polar surface area (TPSA) is 40.5 Å². The monoisotopic (exact) mass is 526 g/mol. The predicted molar refractivity (Wildman–Crippen MR) is 165 cm³/mol. The second kappa shape index (κ2) is 11.6.